The van der Waals surface area contributed by atoms with Gasteiger partial charge in [0.05, 0.1) is 12.0 Å². The van der Waals surface area contributed by atoms with Crippen LogP contribution in [0.3, 0.4) is 0 Å². The van der Waals surface area contributed by atoms with E-state index in [9.17, 15) is 50.3 Å². The molecule has 0 radical (unpaired) electrons. The summed E-state index contributed by atoms with van der Waals surface area (Å²) in [5.41, 5.74) is -6.05. The van der Waals surface area contributed by atoms with E-state index < -0.39 is 87.9 Å². The first-order valence-corrected chi connectivity index (χ1v) is 17.2. The van der Waals surface area contributed by atoms with Gasteiger partial charge in [0.2, 0.25) is 5.91 Å². The molecule has 53 heavy (non-hydrogen) atoms. The van der Waals surface area contributed by atoms with Crippen molar-refractivity contribution in [3.05, 3.63) is 95.3 Å². The quantitative estimate of drug-likeness (QED) is 0.0472. The van der Waals surface area contributed by atoms with E-state index in [2.05, 4.69) is 16.0 Å². The first-order chi connectivity index (χ1) is 24.8. The molecule has 1 aliphatic heterocycles. The lowest BCUT2D eigenvalue weighted by Gasteiger charge is -2.48. The molecule has 1 N–H and O–H groups in total. The predicted octanol–water partition coefficient (Wildman–Crippen LogP) is 5.05. The highest BCUT2D eigenvalue weighted by Crippen LogP contribution is 2.47. The lowest BCUT2D eigenvalue weighted by Crippen LogP contribution is -2.55. The summed E-state index contributed by atoms with van der Waals surface area (Å²) in [4.78, 5) is 49.6. The fourth-order valence-electron chi connectivity index (χ4n) is 5.35. The van der Waals surface area contributed by atoms with Crippen LogP contribution in [-0.4, -0.2) is 61.7 Å². The Balaban J connectivity index is 1.64. The van der Waals surface area contributed by atoms with E-state index in [0.717, 1.165) is 26.0 Å². The van der Waals surface area contributed by atoms with Crippen molar-refractivity contribution in [1.29, 1.82) is 0 Å². The topological polar surface area (TPSA) is 163 Å². The molecule has 0 aliphatic carbocycles. The minimum Gasteiger partial charge on any atom is -0.462 e. The number of carbonyl (C=O) groups excluding carboxylic acids is 4. The highest BCUT2D eigenvalue weighted by atomic mass is 32.2. The molecule has 4 rings (SSSR count). The Morgan fingerprint density at radius 2 is 1.43 bits per heavy atom. The van der Waals surface area contributed by atoms with Crippen LogP contribution in [0.2, 0.25) is 0 Å². The van der Waals surface area contributed by atoms with Crippen LogP contribution in [-0.2, 0) is 43.5 Å². The summed E-state index contributed by atoms with van der Waals surface area (Å²) in [6.07, 6.45) is -0.500. The number of ether oxygens (including phenoxy) is 3. The van der Waals surface area contributed by atoms with Crippen molar-refractivity contribution >= 4 is 39.6 Å². The third-order valence-electron chi connectivity index (χ3n) is 7.83. The van der Waals surface area contributed by atoms with Crippen molar-refractivity contribution in [2.24, 2.45) is 5.92 Å². The number of amides is 1. The standard InChI is InChI=1S/C36H33F4NO11S/c1-22(42)49-20-35(46,21-50-23(2)43)19-18-25-4-6-27(7-5-25)33-31(16-17-32(51-24(3)44)26-8-10-28(37)11-9-26)34(45)41(33)29-12-14-30(15-13-29)52-53(47,48)36(38,39)40/h4-15,31-33,46H,16-17,20-21H2,1-3H3/t31-,32+,33-/m1/s1. The van der Waals surface area contributed by atoms with Crippen molar-refractivity contribution in [2.45, 2.75) is 56.9 Å². The van der Waals surface area contributed by atoms with E-state index >= 15 is 0 Å². The highest BCUT2D eigenvalue weighted by Gasteiger charge is 2.50. The molecule has 3 aromatic carbocycles. The molecule has 1 amide bonds. The lowest BCUT2D eigenvalue weighted by molar-refractivity contribution is -0.154. The zero-order valence-corrected chi connectivity index (χ0v) is 29.2. The number of hydrogen-bond acceptors (Lipinski definition) is 11. The fraction of sp³-hybridized carbons (Fsp3) is 0.333. The molecule has 3 aromatic rings. The number of nitrogens with zero attached hydrogens (tertiary/aromatic N) is 1. The molecule has 17 heteroatoms. The number of benzene rings is 3. The summed E-state index contributed by atoms with van der Waals surface area (Å²) in [5, 5.41) is 10.8. The van der Waals surface area contributed by atoms with Crippen molar-refractivity contribution in [1.82, 2.24) is 0 Å². The van der Waals surface area contributed by atoms with Crippen LogP contribution in [0.5, 0.6) is 5.75 Å². The number of esters is 3. The second kappa shape index (κ2) is 16.5. The van der Waals surface area contributed by atoms with Crippen LogP contribution in [0.1, 0.15) is 62.4 Å². The fourth-order valence-corrected chi connectivity index (χ4v) is 5.80. The van der Waals surface area contributed by atoms with E-state index in [1.807, 2.05) is 0 Å². The van der Waals surface area contributed by atoms with Gasteiger partial charge >= 0.3 is 33.5 Å². The largest absolute Gasteiger partial charge is 0.534 e. The smallest absolute Gasteiger partial charge is 0.462 e. The Morgan fingerprint density at radius 1 is 0.868 bits per heavy atom. The van der Waals surface area contributed by atoms with Gasteiger partial charge in [-0.05, 0) is 72.5 Å². The zero-order valence-electron chi connectivity index (χ0n) is 28.4. The summed E-state index contributed by atoms with van der Waals surface area (Å²) in [5.74, 6) is 1.02. The summed E-state index contributed by atoms with van der Waals surface area (Å²) in [6, 6.07) is 15.4. The third kappa shape index (κ3) is 10.5. The molecule has 0 spiro atoms. The second-order valence-electron chi connectivity index (χ2n) is 11.9. The molecule has 0 bridgehead atoms. The van der Waals surface area contributed by atoms with E-state index in [1.54, 1.807) is 24.3 Å². The molecule has 282 valence electrons. The van der Waals surface area contributed by atoms with Crippen molar-refractivity contribution in [2.75, 3.05) is 18.1 Å². The molecule has 0 aromatic heterocycles. The average molecular weight is 764 g/mol. The Kier molecular flexibility index (Phi) is 12.5. The summed E-state index contributed by atoms with van der Waals surface area (Å²) in [7, 11) is -5.94. The van der Waals surface area contributed by atoms with Gasteiger partial charge in [-0.25, -0.2) is 4.39 Å². The van der Waals surface area contributed by atoms with E-state index in [4.69, 9.17) is 14.2 Å². The molecule has 1 fully saturated rings. The molecule has 0 unspecified atom stereocenters. The van der Waals surface area contributed by atoms with Crippen molar-refractivity contribution in [3.8, 4) is 17.6 Å². The van der Waals surface area contributed by atoms with E-state index in [-0.39, 0.29) is 18.5 Å². The van der Waals surface area contributed by atoms with Crippen molar-refractivity contribution < 1.29 is 68.7 Å². The molecule has 0 saturated carbocycles. The van der Waals surface area contributed by atoms with Crippen LogP contribution in [0.15, 0.2) is 72.8 Å². The first-order valence-electron chi connectivity index (χ1n) is 15.8. The van der Waals surface area contributed by atoms with Gasteiger partial charge in [-0.15, -0.1) is 0 Å². The van der Waals surface area contributed by atoms with Crippen LogP contribution in [0.25, 0.3) is 0 Å². The van der Waals surface area contributed by atoms with Gasteiger partial charge in [-0.3, -0.25) is 19.2 Å². The SMILES string of the molecule is CC(=O)OCC(O)(C#Cc1ccc([C@@H]2[C@@H](CC[C@H](OC(C)=O)c3ccc(F)cc3)C(=O)N2c2ccc(OS(=O)(=O)C(F)(F)F)cc2)cc1)COC(C)=O. The van der Waals surface area contributed by atoms with Crippen LogP contribution < -0.4 is 9.08 Å². The van der Waals surface area contributed by atoms with Gasteiger partial charge < -0.3 is 28.4 Å². The minimum atomic E-state index is -5.94. The average Bonchev–Trinajstić information content (AvgIpc) is 3.08. The monoisotopic (exact) mass is 763 g/mol. The molecular formula is C36H33F4NO11S. The van der Waals surface area contributed by atoms with E-state index in [0.29, 0.717) is 16.7 Å². The maximum atomic E-state index is 13.7. The molecular weight excluding hydrogens is 730 g/mol. The number of aliphatic hydroxyl groups is 1. The minimum absolute atomic E-state index is 0.154. The zero-order chi connectivity index (χ0) is 39.1. The Bertz CT molecular complexity index is 1970. The van der Waals surface area contributed by atoms with Gasteiger partial charge in [-0.2, -0.15) is 21.6 Å². The van der Waals surface area contributed by atoms with Crippen molar-refractivity contribution in [3.63, 3.8) is 0 Å². The maximum Gasteiger partial charge on any atom is 0.534 e. The number of carbonyl (C=O) groups is 4. The van der Waals surface area contributed by atoms with Gasteiger partial charge in [0.25, 0.3) is 0 Å². The number of halogens is 4. The normalized spacial score (nSPS) is 16.4. The van der Waals surface area contributed by atoms with Gasteiger partial charge in [-0.1, -0.05) is 36.1 Å². The molecule has 12 nitrogen and oxygen atoms in total. The number of rotatable bonds is 13. The summed E-state index contributed by atoms with van der Waals surface area (Å²) >= 11 is 0. The van der Waals surface area contributed by atoms with Gasteiger partial charge in [0, 0.05) is 32.0 Å². The maximum absolute atomic E-state index is 13.7. The second-order valence-corrected chi connectivity index (χ2v) is 13.5. The predicted molar refractivity (Wildman–Crippen MR) is 177 cm³/mol. The third-order valence-corrected chi connectivity index (χ3v) is 8.81. The Morgan fingerprint density at radius 3 is 1.94 bits per heavy atom. The van der Waals surface area contributed by atoms with Gasteiger partial charge in [0.15, 0.2) is 5.60 Å². The van der Waals surface area contributed by atoms with Crippen LogP contribution in [0.4, 0.5) is 23.2 Å². The van der Waals surface area contributed by atoms with E-state index in [1.165, 1.54) is 48.2 Å². The Labute approximate surface area is 301 Å². The highest BCUT2D eigenvalue weighted by molar-refractivity contribution is 7.88. The number of β-lactam (4-membered cyclic amide) rings is 1. The number of hydrogen-bond donors (Lipinski definition) is 1. The summed E-state index contributed by atoms with van der Waals surface area (Å²) in [6.45, 7) is 2.29. The molecule has 1 saturated heterocycles. The summed E-state index contributed by atoms with van der Waals surface area (Å²) < 4.78 is 94.5. The lowest BCUT2D eigenvalue weighted by atomic mass is 9.78. The molecule has 1 heterocycles. The number of anilines is 1. The Hall–Kier alpha value is -5.47. The van der Waals surface area contributed by atoms with Gasteiger partial charge in [0.1, 0.15) is 30.9 Å². The van der Waals surface area contributed by atoms with Crippen LogP contribution >= 0.6 is 0 Å². The van der Waals surface area contributed by atoms with Crippen LogP contribution in [0, 0.1) is 23.6 Å². The molecule has 3 atom stereocenters. The first kappa shape index (κ1) is 40.3. The molecule has 1 aliphatic rings. The number of alkyl halides is 3.